The Morgan fingerprint density at radius 2 is 1.85 bits per heavy atom. The van der Waals surface area contributed by atoms with Gasteiger partial charge in [0.2, 0.25) is 5.91 Å². The molecule has 2 atom stereocenters. The maximum Gasteiger partial charge on any atom is 0.307 e. The molecule has 3 rings (SSSR count). The molecule has 2 amide bonds. The molecule has 2 aromatic rings. The highest BCUT2D eigenvalue weighted by Gasteiger charge is 2.65. The van der Waals surface area contributed by atoms with Crippen LogP contribution in [0.25, 0.3) is 0 Å². The molecule has 27 heavy (non-hydrogen) atoms. The summed E-state index contributed by atoms with van der Waals surface area (Å²) in [4.78, 5) is 39.8. The second kappa shape index (κ2) is 7.00. The van der Waals surface area contributed by atoms with E-state index in [4.69, 9.17) is 11.6 Å². The molecule has 1 saturated carbocycles. The van der Waals surface area contributed by atoms with Crippen molar-refractivity contribution < 1.29 is 19.5 Å². The Bertz CT molecular complexity index is 914. The van der Waals surface area contributed by atoms with E-state index in [0.717, 1.165) is 0 Å². The summed E-state index contributed by atoms with van der Waals surface area (Å²) in [5, 5.41) is 14.7. The van der Waals surface area contributed by atoms with Crippen LogP contribution in [0.2, 0.25) is 5.02 Å². The maximum absolute atomic E-state index is 12.4. The lowest BCUT2D eigenvalue weighted by molar-refractivity contribution is -0.140. The van der Waals surface area contributed by atoms with E-state index in [1.165, 1.54) is 18.3 Å². The van der Waals surface area contributed by atoms with Crippen LogP contribution in [-0.4, -0.2) is 27.9 Å². The van der Waals surface area contributed by atoms with Gasteiger partial charge in [-0.3, -0.25) is 19.4 Å². The van der Waals surface area contributed by atoms with Crippen molar-refractivity contribution >= 4 is 40.8 Å². The lowest BCUT2D eigenvalue weighted by atomic mass is 10.1. The van der Waals surface area contributed by atoms with E-state index < -0.39 is 29.1 Å². The number of carbonyl (C=O) groups is 3. The Hall–Kier alpha value is -2.93. The number of amides is 2. The molecule has 0 radical (unpaired) electrons. The number of benzene rings is 1. The normalized spacial score (nSPS) is 19.8. The highest BCUT2D eigenvalue weighted by atomic mass is 35.5. The van der Waals surface area contributed by atoms with Gasteiger partial charge in [-0.2, -0.15) is 0 Å². The lowest BCUT2D eigenvalue weighted by Crippen LogP contribution is -2.18. The second-order valence-corrected chi connectivity index (χ2v) is 7.40. The second-order valence-electron chi connectivity index (χ2n) is 6.99. The largest absolute Gasteiger partial charge is 0.481 e. The minimum Gasteiger partial charge on any atom is -0.481 e. The van der Waals surface area contributed by atoms with Crippen molar-refractivity contribution in [3.63, 3.8) is 0 Å². The van der Waals surface area contributed by atoms with Crippen LogP contribution >= 0.6 is 11.6 Å². The number of carboxylic acids is 1. The monoisotopic (exact) mass is 387 g/mol. The fourth-order valence-electron chi connectivity index (χ4n) is 3.22. The Morgan fingerprint density at radius 3 is 2.41 bits per heavy atom. The minimum atomic E-state index is -0.986. The first kappa shape index (κ1) is 18.8. The third-order valence-corrected chi connectivity index (χ3v) is 5.09. The maximum atomic E-state index is 12.4. The van der Waals surface area contributed by atoms with E-state index in [-0.39, 0.29) is 16.5 Å². The molecule has 1 heterocycles. The molecule has 1 aliphatic rings. The van der Waals surface area contributed by atoms with Crippen molar-refractivity contribution in [2.75, 3.05) is 10.6 Å². The van der Waals surface area contributed by atoms with Crippen molar-refractivity contribution in [2.24, 2.45) is 17.3 Å². The smallest absolute Gasteiger partial charge is 0.307 e. The molecular formula is C19H18ClN3O4. The zero-order chi connectivity index (χ0) is 19.8. The van der Waals surface area contributed by atoms with Gasteiger partial charge < -0.3 is 15.7 Å². The summed E-state index contributed by atoms with van der Waals surface area (Å²) in [5.41, 5.74) is 0.582. The Kier molecular flexibility index (Phi) is 4.89. The average molecular weight is 388 g/mol. The summed E-state index contributed by atoms with van der Waals surface area (Å²) in [5.74, 6) is -3.09. The van der Waals surface area contributed by atoms with Crippen LogP contribution in [0.1, 0.15) is 24.2 Å². The van der Waals surface area contributed by atoms with Gasteiger partial charge in [0.25, 0.3) is 5.91 Å². The van der Waals surface area contributed by atoms with E-state index in [1.807, 2.05) is 0 Å². The van der Waals surface area contributed by atoms with E-state index >= 15 is 0 Å². The first-order valence-corrected chi connectivity index (χ1v) is 8.64. The van der Waals surface area contributed by atoms with E-state index in [2.05, 4.69) is 15.6 Å². The number of aliphatic carboxylic acids is 1. The van der Waals surface area contributed by atoms with E-state index in [0.29, 0.717) is 11.4 Å². The molecule has 140 valence electrons. The molecule has 7 nitrogen and oxygen atoms in total. The summed E-state index contributed by atoms with van der Waals surface area (Å²) < 4.78 is 0. The Balaban J connectivity index is 1.69. The highest BCUT2D eigenvalue weighted by Crippen LogP contribution is 2.58. The number of rotatable bonds is 5. The number of aromatic nitrogens is 1. The van der Waals surface area contributed by atoms with Crippen LogP contribution in [0.4, 0.5) is 11.4 Å². The van der Waals surface area contributed by atoms with Gasteiger partial charge in [0.05, 0.1) is 34.3 Å². The van der Waals surface area contributed by atoms with Gasteiger partial charge in [-0.1, -0.05) is 25.4 Å². The van der Waals surface area contributed by atoms with Crippen LogP contribution < -0.4 is 10.6 Å². The predicted molar refractivity (Wildman–Crippen MR) is 101 cm³/mol. The number of nitrogens with one attached hydrogen (secondary N) is 2. The van der Waals surface area contributed by atoms with Crippen molar-refractivity contribution in [1.82, 2.24) is 4.98 Å². The van der Waals surface area contributed by atoms with Gasteiger partial charge in [-0.05, 0) is 35.7 Å². The number of hydrogen-bond acceptors (Lipinski definition) is 4. The van der Waals surface area contributed by atoms with Gasteiger partial charge >= 0.3 is 5.97 Å². The fourth-order valence-corrected chi connectivity index (χ4v) is 3.49. The number of carbonyl (C=O) groups excluding carboxylic acids is 2. The van der Waals surface area contributed by atoms with Gasteiger partial charge in [-0.25, -0.2) is 0 Å². The highest BCUT2D eigenvalue weighted by molar-refractivity contribution is 6.34. The number of halogens is 1. The first-order chi connectivity index (χ1) is 12.7. The van der Waals surface area contributed by atoms with Crippen molar-refractivity contribution in [3.05, 3.63) is 53.3 Å². The molecule has 2 unspecified atom stereocenters. The number of anilines is 2. The van der Waals surface area contributed by atoms with Gasteiger partial charge in [0, 0.05) is 11.9 Å². The minimum absolute atomic E-state index is 0.166. The Labute approximate surface area is 160 Å². The quantitative estimate of drug-likeness (QED) is 0.729. The molecule has 1 aromatic carbocycles. The molecule has 0 aliphatic heterocycles. The zero-order valence-electron chi connectivity index (χ0n) is 14.7. The molecule has 1 fully saturated rings. The first-order valence-electron chi connectivity index (χ1n) is 8.26. The molecule has 3 N–H and O–H groups in total. The number of pyridine rings is 1. The van der Waals surface area contributed by atoms with E-state index in [1.54, 1.807) is 38.2 Å². The standard InChI is InChI=1S/C19H18ClN3O4/c1-19(2)14(15(19)18(26)27)17(25)22-10-5-6-12(13(20)8-10)16(24)23-11-4-3-7-21-9-11/h3-9,14-15H,1-2H3,(H,22,25)(H,23,24)(H,26,27). The zero-order valence-corrected chi connectivity index (χ0v) is 15.4. The molecule has 0 saturated heterocycles. The SMILES string of the molecule is CC1(C)C(C(=O)O)C1C(=O)Nc1ccc(C(=O)Nc2cccnc2)c(Cl)c1. The van der Waals surface area contributed by atoms with Crippen molar-refractivity contribution in [1.29, 1.82) is 0 Å². The molecule has 8 heteroatoms. The predicted octanol–water partition coefficient (Wildman–Crippen LogP) is 3.28. The average Bonchev–Trinajstić information content (AvgIpc) is 3.18. The number of carboxylic acid groups (broad SMARTS) is 1. The summed E-state index contributed by atoms with van der Waals surface area (Å²) in [6, 6.07) is 7.90. The van der Waals surface area contributed by atoms with Crippen LogP contribution in [0, 0.1) is 17.3 Å². The lowest BCUT2D eigenvalue weighted by Gasteiger charge is -2.10. The summed E-state index contributed by atoms with van der Waals surface area (Å²) in [6.45, 7) is 3.49. The molecular weight excluding hydrogens is 370 g/mol. The van der Waals surface area contributed by atoms with Crippen molar-refractivity contribution in [3.8, 4) is 0 Å². The third kappa shape index (κ3) is 3.78. The van der Waals surface area contributed by atoms with Gasteiger partial charge in [-0.15, -0.1) is 0 Å². The number of nitrogens with zero attached hydrogens (tertiary/aromatic N) is 1. The molecule has 1 aliphatic carbocycles. The Morgan fingerprint density at radius 1 is 1.11 bits per heavy atom. The van der Waals surface area contributed by atoms with Crippen LogP contribution in [0.5, 0.6) is 0 Å². The van der Waals surface area contributed by atoms with Crippen LogP contribution in [0.3, 0.4) is 0 Å². The van der Waals surface area contributed by atoms with Crippen LogP contribution in [-0.2, 0) is 9.59 Å². The number of hydrogen-bond donors (Lipinski definition) is 3. The van der Waals surface area contributed by atoms with E-state index in [9.17, 15) is 19.5 Å². The van der Waals surface area contributed by atoms with Gasteiger partial charge in [0.15, 0.2) is 0 Å². The molecule has 0 spiro atoms. The molecule has 1 aromatic heterocycles. The van der Waals surface area contributed by atoms with Gasteiger partial charge in [0.1, 0.15) is 0 Å². The summed E-state index contributed by atoms with van der Waals surface area (Å²) in [7, 11) is 0. The molecule has 0 bridgehead atoms. The third-order valence-electron chi connectivity index (χ3n) is 4.78. The summed E-state index contributed by atoms with van der Waals surface area (Å²) >= 11 is 6.18. The van der Waals surface area contributed by atoms with Crippen LogP contribution in [0.15, 0.2) is 42.7 Å². The fraction of sp³-hybridized carbons (Fsp3) is 0.263. The van der Waals surface area contributed by atoms with Crippen molar-refractivity contribution in [2.45, 2.75) is 13.8 Å². The summed E-state index contributed by atoms with van der Waals surface area (Å²) in [6.07, 6.45) is 3.10. The topological polar surface area (TPSA) is 108 Å².